The Balaban J connectivity index is 2.16. The summed E-state index contributed by atoms with van der Waals surface area (Å²) >= 11 is 0. The number of rotatable bonds is 4. The topological polar surface area (TPSA) is 63.9 Å². The molecule has 1 saturated heterocycles. The molecule has 2 rings (SSSR count). The van der Waals surface area contributed by atoms with Crippen LogP contribution in [-0.2, 0) is 16.6 Å². The van der Waals surface area contributed by atoms with E-state index in [2.05, 4.69) is 18.8 Å². The van der Waals surface area contributed by atoms with E-state index in [4.69, 9.17) is 15.5 Å². The lowest BCUT2D eigenvalue weighted by Crippen LogP contribution is -2.23. The van der Waals surface area contributed by atoms with Crippen LogP contribution < -0.4 is 5.73 Å². The van der Waals surface area contributed by atoms with Gasteiger partial charge >= 0.3 is 0 Å². The minimum absolute atomic E-state index is 0.0751. The van der Waals surface area contributed by atoms with Crippen LogP contribution in [0.1, 0.15) is 37.0 Å². The van der Waals surface area contributed by atoms with E-state index in [0.29, 0.717) is 0 Å². The fourth-order valence-electron chi connectivity index (χ4n) is 2.15. The van der Waals surface area contributed by atoms with Crippen LogP contribution in [0.2, 0.25) is 0 Å². The lowest BCUT2D eigenvalue weighted by Gasteiger charge is -2.18. The van der Waals surface area contributed by atoms with Crippen molar-refractivity contribution < 1.29 is 4.74 Å². The van der Waals surface area contributed by atoms with Crippen molar-refractivity contribution >= 4 is 0 Å². The molecule has 1 unspecified atom stereocenters. The fourth-order valence-corrected chi connectivity index (χ4v) is 2.15. The monoisotopic (exact) mass is 223 g/mol. The molecule has 1 aliphatic heterocycles. The fraction of sp³-hybridized carbons (Fsp3) is 0.750. The number of hydrogen-bond donors (Lipinski definition) is 2. The highest BCUT2D eigenvalue weighted by Crippen LogP contribution is 2.31. The predicted octanol–water partition coefficient (Wildman–Crippen LogP) is 1.29. The highest BCUT2D eigenvalue weighted by molar-refractivity contribution is 5.19. The maximum atomic E-state index is 5.52. The van der Waals surface area contributed by atoms with E-state index >= 15 is 0 Å². The van der Waals surface area contributed by atoms with Crippen molar-refractivity contribution in [1.82, 2.24) is 9.97 Å². The molecule has 0 radical (unpaired) electrons. The second-order valence-electron chi connectivity index (χ2n) is 4.91. The van der Waals surface area contributed by atoms with Crippen LogP contribution in [0.4, 0.5) is 0 Å². The van der Waals surface area contributed by atoms with Gasteiger partial charge in [0.2, 0.25) is 0 Å². The number of nitrogens with two attached hydrogens (primary N) is 1. The molecule has 0 aliphatic carbocycles. The Morgan fingerprint density at radius 1 is 1.56 bits per heavy atom. The predicted molar refractivity (Wildman–Crippen MR) is 63.5 cm³/mol. The number of nitrogens with zero attached hydrogens (tertiary/aromatic N) is 1. The average Bonchev–Trinajstić information content (AvgIpc) is 2.84. The van der Waals surface area contributed by atoms with Gasteiger partial charge in [-0.15, -0.1) is 0 Å². The molecule has 0 amide bonds. The zero-order valence-electron chi connectivity index (χ0n) is 10.2. The van der Waals surface area contributed by atoms with Crippen molar-refractivity contribution in [3.63, 3.8) is 0 Å². The molecule has 1 aromatic rings. The van der Waals surface area contributed by atoms with Crippen molar-refractivity contribution in [1.29, 1.82) is 0 Å². The average molecular weight is 223 g/mol. The van der Waals surface area contributed by atoms with Gasteiger partial charge in [0.05, 0.1) is 17.7 Å². The highest BCUT2D eigenvalue weighted by Gasteiger charge is 2.34. The molecule has 1 fully saturated rings. The summed E-state index contributed by atoms with van der Waals surface area (Å²) in [5.74, 6) is 1.08. The molecule has 3 N–H and O–H groups in total. The number of aromatic nitrogens is 2. The summed E-state index contributed by atoms with van der Waals surface area (Å²) < 4.78 is 5.46. The van der Waals surface area contributed by atoms with E-state index in [1.54, 1.807) is 0 Å². The molecular weight excluding hydrogens is 202 g/mol. The summed E-state index contributed by atoms with van der Waals surface area (Å²) in [5, 5.41) is 0. The van der Waals surface area contributed by atoms with Gasteiger partial charge in [-0.1, -0.05) is 6.92 Å². The summed E-state index contributed by atoms with van der Waals surface area (Å²) in [7, 11) is 0. The van der Waals surface area contributed by atoms with Crippen molar-refractivity contribution in [3.8, 4) is 0 Å². The Kier molecular flexibility index (Phi) is 3.30. The molecular formula is C12H21N3O. The summed E-state index contributed by atoms with van der Waals surface area (Å²) in [6, 6.07) is 0. The third-order valence-electron chi connectivity index (χ3n) is 3.39. The largest absolute Gasteiger partial charge is 0.380 e. The molecule has 0 bridgehead atoms. The van der Waals surface area contributed by atoms with Gasteiger partial charge in [-0.25, -0.2) is 4.98 Å². The maximum absolute atomic E-state index is 5.52. The van der Waals surface area contributed by atoms with E-state index in [-0.39, 0.29) is 5.41 Å². The number of ether oxygens (including phenoxy) is 1. The molecule has 0 aromatic carbocycles. The molecule has 1 aromatic heterocycles. The SMILES string of the molecule is Cc1[nH]c(C2(C)CCOC2)nc1CCCN. The Labute approximate surface area is 96.6 Å². The number of imidazole rings is 1. The molecule has 16 heavy (non-hydrogen) atoms. The molecule has 0 spiro atoms. The first kappa shape index (κ1) is 11.6. The highest BCUT2D eigenvalue weighted by atomic mass is 16.5. The summed E-state index contributed by atoms with van der Waals surface area (Å²) in [4.78, 5) is 8.11. The normalized spacial score (nSPS) is 25.2. The number of aromatic amines is 1. The minimum atomic E-state index is 0.0751. The van der Waals surface area contributed by atoms with E-state index in [1.165, 1.54) is 5.69 Å². The minimum Gasteiger partial charge on any atom is -0.380 e. The smallest absolute Gasteiger partial charge is 0.114 e. The van der Waals surface area contributed by atoms with Gasteiger partial charge in [0.15, 0.2) is 0 Å². The molecule has 1 aliphatic rings. The lowest BCUT2D eigenvalue weighted by atomic mass is 9.89. The van der Waals surface area contributed by atoms with Crippen molar-refractivity contribution in [3.05, 3.63) is 17.2 Å². The Hall–Kier alpha value is -0.870. The Morgan fingerprint density at radius 2 is 2.38 bits per heavy atom. The van der Waals surface area contributed by atoms with E-state index in [1.807, 2.05) is 0 Å². The standard InChI is InChI=1S/C12H21N3O/c1-9-10(4-3-6-13)15-11(14-9)12(2)5-7-16-8-12/h3-8,13H2,1-2H3,(H,14,15). The molecule has 0 saturated carbocycles. The zero-order chi connectivity index (χ0) is 11.6. The van der Waals surface area contributed by atoms with Crippen LogP contribution in [0.5, 0.6) is 0 Å². The zero-order valence-corrected chi connectivity index (χ0v) is 10.2. The van der Waals surface area contributed by atoms with Gasteiger partial charge in [0, 0.05) is 12.3 Å². The second-order valence-corrected chi connectivity index (χ2v) is 4.91. The van der Waals surface area contributed by atoms with Gasteiger partial charge in [0.25, 0.3) is 0 Å². The van der Waals surface area contributed by atoms with E-state index < -0.39 is 0 Å². The van der Waals surface area contributed by atoms with Crippen molar-refractivity contribution in [2.24, 2.45) is 5.73 Å². The first-order valence-corrected chi connectivity index (χ1v) is 5.99. The van der Waals surface area contributed by atoms with Crippen LogP contribution in [-0.4, -0.2) is 29.7 Å². The number of aryl methyl sites for hydroxylation is 2. The van der Waals surface area contributed by atoms with Crippen LogP contribution >= 0.6 is 0 Å². The molecule has 2 heterocycles. The van der Waals surface area contributed by atoms with Crippen LogP contribution in [0.25, 0.3) is 0 Å². The lowest BCUT2D eigenvalue weighted by molar-refractivity contribution is 0.179. The molecule has 4 heteroatoms. The van der Waals surface area contributed by atoms with Crippen LogP contribution in [0.15, 0.2) is 0 Å². The van der Waals surface area contributed by atoms with Crippen molar-refractivity contribution in [2.45, 2.75) is 38.5 Å². The van der Waals surface area contributed by atoms with Gasteiger partial charge < -0.3 is 15.5 Å². The number of hydrogen-bond acceptors (Lipinski definition) is 3. The quantitative estimate of drug-likeness (QED) is 0.808. The Morgan fingerprint density at radius 3 is 3.00 bits per heavy atom. The van der Waals surface area contributed by atoms with E-state index in [0.717, 1.165) is 50.5 Å². The van der Waals surface area contributed by atoms with Crippen LogP contribution in [0, 0.1) is 6.92 Å². The number of nitrogens with one attached hydrogen (secondary N) is 1. The van der Waals surface area contributed by atoms with Gasteiger partial charge in [0.1, 0.15) is 5.82 Å². The maximum Gasteiger partial charge on any atom is 0.114 e. The summed E-state index contributed by atoms with van der Waals surface area (Å²) in [6.07, 6.45) is 3.02. The molecule has 4 nitrogen and oxygen atoms in total. The first-order valence-electron chi connectivity index (χ1n) is 5.99. The number of H-pyrrole nitrogens is 1. The van der Waals surface area contributed by atoms with Crippen LogP contribution in [0.3, 0.4) is 0 Å². The summed E-state index contributed by atoms with van der Waals surface area (Å²) in [6.45, 7) is 6.64. The third kappa shape index (κ3) is 2.13. The van der Waals surface area contributed by atoms with Gasteiger partial charge in [-0.2, -0.15) is 0 Å². The third-order valence-corrected chi connectivity index (χ3v) is 3.39. The first-order chi connectivity index (χ1) is 7.65. The van der Waals surface area contributed by atoms with E-state index in [9.17, 15) is 0 Å². The molecule has 1 atom stereocenters. The summed E-state index contributed by atoms with van der Waals surface area (Å²) in [5.41, 5.74) is 7.94. The van der Waals surface area contributed by atoms with Gasteiger partial charge in [-0.3, -0.25) is 0 Å². The Bertz CT molecular complexity index is 353. The van der Waals surface area contributed by atoms with Gasteiger partial charge in [-0.05, 0) is 32.7 Å². The second kappa shape index (κ2) is 4.55. The van der Waals surface area contributed by atoms with Crippen molar-refractivity contribution in [2.75, 3.05) is 19.8 Å². The molecule has 90 valence electrons.